The van der Waals surface area contributed by atoms with Gasteiger partial charge in [0.1, 0.15) is 5.82 Å². The van der Waals surface area contributed by atoms with Crippen LogP contribution in [0.3, 0.4) is 0 Å². The van der Waals surface area contributed by atoms with Gasteiger partial charge in [0.15, 0.2) is 18.2 Å². The van der Waals surface area contributed by atoms with Crippen LogP contribution in [0, 0.1) is 17.6 Å². The molecule has 6 heteroatoms. The van der Waals surface area contributed by atoms with Gasteiger partial charge in [0.2, 0.25) is 0 Å². The first-order valence-corrected chi connectivity index (χ1v) is 6.78. The number of amides is 1. The second-order valence-corrected chi connectivity index (χ2v) is 5.09. The summed E-state index contributed by atoms with van der Waals surface area (Å²) < 4.78 is 36.3. The van der Waals surface area contributed by atoms with Gasteiger partial charge in [-0.15, -0.1) is 0 Å². The zero-order valence-electron chi connectivity index (χ0n) is 12.6. The maximum absolute atomic E-state index is 13.4. The molecule has 0 unspecified atom stereocenters. The Kier molecular flexibility index (Phi) is 7.08. The summed E-state index contributed by atoms with van der Waals surface area (Å²) >= 11 is 0. The number of carbonyl (C=O) groups excluding carboxylic acids is 1. The van der Waals surface area contributed by atoms with Gasteiger partial charge >= 0.3 is 0 Å². The van der Waals surface area contributed by atoms with Gasteiger partial charge in [-0.2, -0.15) is 0 Å². The highest BCUT2D eigenvalue weighted by atomic mass is 19.1. The molecule has 0 atom stereocenters. The Morgan fingerprint density at radius 2 is 2.05 bits per heavy atom. The molecule has 0 spiro atoms. The number of benzene rings is 1. The zero-order chi connectivity index (χ0) is 15.8. The third-order valence-electron chi connectivity index (χ3n) is 2.75. The lowest BCUT2D eigenvalue weighted by molar-refractivity contribution is -0.134. The maximum atomic E-state index is 13.4. The number of hydrogen-bond acceptors (Lipinski definition) is 3. The van der Waals surface area contributed by atoms with Gasteiger partial charge in [-0.1, -0.05) is 13.8 Å². The van der Waals surface area contributed by atoms with Crippen LogP contribution in [-0.4, -0.2) is 44.2 Å². The van der Waals surface area contributed by atoms with E-state index in [4.69, 9.17) is 9.47 Å². The minimum Gasteiger partial charge on any atom is -0.481 e. The number of methoxy groups -OCH3 is 1. The maximum Gasteiger partial charge on any atom is 0.260 e. The van der Waals surface area contributed by atoms with Crippen molar-refractivity contribution in [3.8, 4) is 5.75 Å². The Morgan fingerprint density at radius 3 is 2.62 bits per heavy atom. The zero-order valence-corrected chi connectivity index (χ0v) is 12.6. The molecular formula is C15H21F2NO3. The van der Waals surface area contributed by atoms with E-state index in [-0.39, 0.29) is 18.3 Å². The first kappa shape index (κ1) is 17.4. The average Bonchev–Trinajstić information content (AvgIpc) is 2.41. The van der Waals surface area contributed by atoms with Gasteiger partial charge < -0.3 is 14.4 Å². The largest absolute Gasteiger partial charge is 0.481 e. The summed E-state index contributed by atoms with van der Waals surface area (Å²) in [4.78, 5) is 13.7. The predicted octanol–water partition coefficient (Wildman–Crippen LogP) is 2.47. The fourth-order valence-electron chi connectivity index (χ4n) is 1.78. The van der Waals surface area contributed by atoms with E-state index in [0.717, 1.165) is 12.1 Å². The van der Waals surface area contributed by atoms with Crippen molar-refractivity contribution in [1.29, 1.82) is 0 Å². The van der Waals surface area contributed by atoms with Crippen LogP contribution in [0.4, 0.5) is 8.78 Å². The molecule has 1 aromatic rings. The monoisotopic (exact) mass is 301 g/mol. The Morgan fingerprint density at radius 1 is 1.33 bits per heavy atom. The standard InChI is InChI=1S/C15H21F2NO3/c1-11(2)9-18(6-7-20-3)15(19)10-21-14-5-4-12(16)8-13(14)17/h4-5,8,11H,6-7,9-10H2,1-3H3. The van der Waals surface area contributed by atoms with Gasteiger partial charge in [-0.05, 0) is 18.1 Å². The van der Waals surface area contributed by atoms with Crippen LogP contribution in [0.5, 0.6) is 5.75 Å². The van der Waals surface area contributed by atoms with E-state index in [1.807, 2.05) is 13.8 Å². The third kappa shape index (κ3) is 6.08. The molecule has 21 heavy (non-hydrogen) atoms. The van der Waals surface area contributed by atoms with E-state index in [1.54, 1.807) is 12.0 Å². The fourth-order valence-corrected chi connectivity index (χ4v) is 1.78. The number of hydrogen-bond donors (Lipinski definition) is 0. The lowest BCUT2D eigenvalue weighted by Gasteiger charge is -2.24. The van der Waals surface area contributed by atoms with Crippen molar-refractivity contribution in [2.24, 2.45) is 5.92 Å². The van der Waals surface area contributed by atoms with E-state index < -0.39 is 11.6 Å². The van der Waals surface area contributed by atoms with Crippen molar-refractivity contribution >= 4 is 5.91 Å². The molecule has 1 rings (SSSR count). The number of carbonyl (C=O) groups is 1. The SMILES string of the molecule is COCCN(CC(C)C)C(=O)COc1ccc(F)cc1F. The molecule has 1 amide bonds. The van der Waals surface area contributed by atoms with Gasteiger partial charge in [0, 0.05) is 26.3 Å². The number of ether oxygens (including phenoxy) is 2. The fraction of sp³-hybridized carbons (Fsp3) is 0.533. The lowest BCUT2D eigenvalue weighted by Crippen LogP contribution is -2.39. The van der Waals surface area contributed by atoms with Crippen LogP contribution in [0.25, 0.3) is 0 Å². The molecule has 0 aliphatic heterocycles. The molecule has 0 radical (unpaired) electrons. The van der Waals surface area contributed by atoms with Gasteiger partial charge in [-0.3, -0.25) is 4.79 Å². The highest BCUT2D eigenvalue weighted by Gasteiger charge is 2.16. The van der Waals surface area contributed by atoms with Crippen LogP contribution in [0.2, 0.25) is 0 Å². The summed E-state index contributed by atoms with van der Waals surface area (Å²) in [6.07, 6.45) is 0. The molecule has 0 saturated heterocycles. The molecule has 0 aliphatic rings. The van der Waals surface area contributed by atoms with Crippen LogP contribution < -0.4 is 4.74 Å². The summed E-state index contributed by atoms with van der Waals surface area (Å²) in [7, 11) is 1.56. The molecule has 1 aromatic carbocycles. The van der Waals surface area contributed by atoms with Crippen molar-refractivity contribution in [3.63, 3.8) is 0 Å². The molecule has 0 N–H and O–H groups in total. The Bertz CT molecular complexity index is 466. The second-order valence-electron chi connectivity index (χ2n) is 5.09. The quantitative estimate of drug-likeness (QED) is 0.740. The molecule has 118 valence electrons. The highest BCUT2D eigenvalue weighted by molar-refractivity contribution is 5.77. The van der Waals surface area contributed by atoms with Crippen LogP contribution in [0.15, 0.2) is 18.2 Å². The predicted molar refractivity (Wildman–Crippen MR) is 75.1 cm³/mol. The van der Waals surface area contributed by atoms with Gasteiger partial charge in [-0.25, -0.2) is 8.78 Å². The van der Waals surface area contributed by atoms with E-state index in [2.05, 4.69) is 0 Å². The molecule has 0 bridgehead atoms. The third-order valence-corrected chi connectivity index (χ3v) is 2.75. The second kappa shape index (κ2) is 8.56. The van der Waals surface area contributed by atoms with Crippen LogP contribution >= 0.6 is 0 Å². The molecule has 0 saturated carbocycles. The summed E-state index contributed by atoms with van der Waals surface area (Å²) in [6.45, 7) is 5.13. The molecular weight excluding hydrogens is 280 g/mol. The number of rotatable bonds is 8. The summed E-state index contributed by atoms with van der Waals surface area (Å²) in [5.41, 5.74) is 0. The number of nitrogens with zero attached hydrogens (tertiary/aromatic N) is 1. The van der Waals surface area contributed by atoms with Crippen molar-refractivity contribution in [2.75, 3.05) is 33.4 Å². The van der Waals surface area contributed by atoms with Crippen LogP contribution in [-0.2, 0) is 9.53 Å². The van der Waals surface area contributed by atoms with Gasteiger partial charge in [0.25, 0.3) is 5.91 Å². The smallest absolute Gasteiger partial charge is 0.260 e. The summed E-state index contributed by atoms with van der Waals surface area (Å²) in [6, 6.07) is 2.97. The summed E-state index contributed by atoms with van der Waals surface area (Å²) in [5.74, 6) is -1.61. The van der Waals surface area contributed by atoms with E-state index in [1.165, 1.54) is 6.07 Å². The Balaban J connectivity index is 2.59. The average molecular weight is 301 g/mol. The molecule has 4 nitrogen and oxygen atoms in total. The first-order valence-electron chi connectivity index (χ1n) is 6.78. The summed E-state index contributed by atoms with van der Waals surface area (Å²) in [5, 5.41) is 0. The minimum absolute atomic E-state index is 0.138. The normalized spacial score (nSPS) is 10.8. The Labute approximate surface area is 123 Å². The van der Waals surface area contributed by atoms with Crippen molar-refractivity contribution in [2.45, 2.75) is 13.8 Å². The van der Waals surface area contributed by atoms with E-state index in [9.17, 15) is 13.6 Å². The van der Waals surface area contributed by atoms with E-state index >= 15 is 0 Å². The first-order chi connectivity index (χ1) is 9.93. The minimum atomic E-state index is -0.824. The molecule has 0 aliphatic carbocycles. The van der Waals surface area contributed by atoms with Gasteiger partial charge in [0.05, 0.1) is 6.61 Å². The lowest BCUT2D eigenvalue weighted by atomic mass is 10.2. The van der Waals surface area contributed by atoms with Crippen molar-refractivity contribution < 1.29 is 23.0 Å². The highest BCUT2D eigenvalue weighted by Crippen LogP contribution is 2.17. The van der Waals surface area contributed by atoms with Crippen molar-refractivity contribution in [3.05, 3.63) is 29.8 Å². The van der Waals surface area contributed by atoms with Crippen molar-refractivity contribution in [1.82, 2.24) is 4.90 Å². The van der Waals surface area contributed by atoms with E-state index in [0.29, 0.717) is 25.6 Å². The number of halogens is 2. The topological polar surface area (TPSA) is 38.8 Å². The molecule has 0 fully saturated rings. The Hall–Kier alpha value is -1.69. The van der Waals surface area contributed by atoms with Crippen LogP contribution in [0.1, 0.15) is 13.8 Å². The molecule has 0 aromatic heterocycles. The molecule has 0 heterocycles.